The highest BCUT2D eigenvalue weighted by molar-refractivity contribution is 6.32. The van der Waals surface area contributed by atoms with Crippen LogP contribution in [0.15, 0.2) is 54.6 Å². The van der Waals surface area contributed by atoms with Gasteiger partial charge >= 0.3 is 6.18 Å². The van der Waals surface area contributed by atoms with E-state index in [1.54, 1.807) is 24.3 Å². The highest BCUT2D eigenvalue weighted by Crippen LogP contribution is 2.33. The lowest BCUT2D eigenvalue weighted by atomic mass is 10.2. The van der Waals surface area contributed by atoms with E-state index in [1.165, 1.54) is 0 Å². The number of hydrogen-bond donors (Lipinski definition) is 0. The Balaban J connectivity index is 1.95. The molecular formula is C18H14ClF3N2O. The molecule has 0 N–H and O–H groups in total. The third kappa shape index (κ3) is 3.96. The Hall–Kier alpha value is -2.47. The molecule has 0 amide bonds. The van der Waals surface area contributed by atoms with Gasteiger partial charge in [0.15, 0.2) is 5.69 Å². The number of aromatic nitrogens is 2. The van der Waals surface area contributed by atoms with Crippen molar-refractivity contribution in [3.8, 4) is 11.6 Å². The number of benzene rings is 2. The quantitative estimate of drug-likeness (QED) is 0.615. The zero-order chi connectivity index (χ0) is 18.0. The third-order valence-corrected chi connectivity index (χ3v) is 3.87. The predicted molar refractivity (Wildman–Crippen MR) is 89.1 cm³/mol. The monoisotopic (exact) mass is 366 g/mol. The van der Waals surface area contributed by atoms with E-state index in [0.29, 0.717) is 5.69 Å². The first kappa shape index (κ1) is 17.4. The summed E-state index contributed by atoms with van der Waals surface area (Å²) in [6.07, 6.45) is -4.57. The second kappa shape index (κ2) is 6.80. The maximum atomic E-state index is 13.0. The largest absolute Gasteiger partial charge is 0.473 e. The molecule has 0 bridgehead atoms. The maximum Gasteiger partial charge on any atom is 0.435 e. The van der Waals surface area contributed by atoms with Crippen molar-refractivity contribution in [2.75, 3.05) is 0 Å². The number of ether oxygens (including phenoxy) is 1. The maximum absolute atomic E-state index is 13.0. The Bertz CT molecular complexity index is 873. The van der Waals surface area contributed by atoms with Gasteiger partial charge in [-0.1, -0.05) is 53.6 Å². The smallest absolute Gasteiger partial charge is 0.435 e. The summed E-state index contributed by atoms with van der Waals surface area (Å²) in [5, 5.41) is 3.90. The predicted octanol–water partition coefficient (Wildman–Crippen LogP) is 5.43. The van der Waals surface area contributed by atoms with Gasteiger partial charge in [0.25, 0.3) is 0 Å². The first-order valence-corrected chi connectivity index (χ1v) is 7.83. The minimum atomic E-state index is -4.57. The Morgan fingerprint density at radius 1 is 1.08 bits per heavy atom. The molecule has 0 unspecified atom stereocenters. The van der Waals surface area contributed by atoms with Crippen LogP contribution in [-0.4, -0.2) is 9.78 Å². The molecule has 0 saturated carbocycles. The fraction of sp³-hybridized carbons (Fsp3) is 0.167. The minimum absolute atomic E-state index is 0.0269. The van der Waals surface area contributed by atoms with Gasteiger partial charge in [-0.3, -0.25) is 0 Å². The summed E-state index contributed by atoms with van der Waals surface area (Å²) in [4.78, 5) is 0. The summed E-state index contributed by atoms with van der Waals surface area (Å²) in [5.74, 6) is -0.0269. The van der Waals surface area contributed by atoms with Crippen LogP contribution in [0, 0.1) is 6.92 Å². The van der Waals surface area contributed by atoms with Crippen LogP contribution in [0.4, 0.5) is 13.2 Å². The molecule has 130 valence electrons. The number of nitrogens with zero attached hydrogens (tertiary/aromatic N) is 2. The van der Waals surface area contributed by atoms with Gasteiger partial charge in [-0.05, 0) is 24.6 Å². The van der Waals surface area contributed by atoms with E-state index in [-0.39, 0.29) is 17.5 Å². The summed E-state index contributed by atoms with van der Waals surface area (Å²) in [5.41, 5.74) is 1.21. The van der Waals surface area contributed by atoms with Crippen LogP contribution in [0.3, 0.4) is 0 Å². The van der Waals surface area contributed by atoms with Crippen LogP contribution in [0.25, 0.3) is 5.69 Å². The molecule has 0 spiro atoms. The van der Waals surface area contributed by atoms with Gasteiger partial charge in [0.2, 0.25) is 5.88 Å². The van der Waals surface area contributed by atoms with Gasteiger partial charge in [0, 0.05) is 6.07 Å². The van der Waals surface area contributed by atoms with Crippen molar-refractivity contribution < 1.29 is 17.9 Å². The lowest BCUT2D eigenvalue weighted by Crippen LogP contribution is -2.08. The van der Waals surface area contributed by atoms with Crippen LogP contribution in [-0.2, 0) is 12.8 Å². The van der Waals surface area contributed by atoms with Crippen molar-refractivity contribution in [2.45, 2.75) is 19.7 Å². The lowest BCUT2D eigenvalue weighted by Gasteiger charge is -2.10. The Morgan fingerprint density at radius 3 is 2.40 bits per heavy atom. The van der Waals surface area contributed by atoms with Crippen molar-refractivity contribution in [2.24, 2.45) is 0 Å². The number of alkyl halides is 3. The SMILES string of the molecule is Cc1ccc(COc2cc(C(F)(F)F)nn2-c2ccccc2Cl)cc1. The molecule has 0 fully saturated rings. The van der Waals surface area contributed by atoms with Gasteiger partial charge < -0.3 is 4.74 Å². The van der Waals surface area contributed by atoms with Gasteiger partial charge in [0.1, 0.15) is 6.61 Å². The fourth-order valence-corrected chi connectivity index (χ4v) is 2.46. The molecule has 1 aromatic heterocycles. The van der Waals surface area contributed by atoms with Crippen molar-refractivity contribution in [1.29, 1.82) is 0 Å². The van der Waals surface area contributed by atoms with E-state index >= 15 is 0 Å². The molecule has 0 radical (unpaired) electrons. The van der Waals surface area contributed by atoms with Gasteiger partial charge in [-0.25, -0.2) is 0 Å². The lowest BCUT2D eigenvalue weighted by molar-refractivity contribution is -0.141. The second-order valence-corrected chi connectivity index (χ2v) is 5.91. The Kier molecular flexibility index (Phi) is 4.72. The van der Waals surface area contributed by atoms with Gasteiger partial charge in [-0.15, -0.1) is 0 Å². The van der Waals surface area contributed by atoms with Crippen molar-refractivity contribution in [3.63, 3.8) is 0 Å². The molecule has 0 aliphatic heterocycles. The standard InChI is InChI=1S/C18H14ClF3N2O/c1-12-6-8-13(9-7-12)11-25-17-10-16(18(20,21)22)23-24(17)15-5-3-2-4-14(15)19/h2-10H,11H2,1H3. The van der Waals surface area contributed by atoms with Crippen molar-refractivity contribution in [3.05, 3.63) is 76.4 Å². The number of para-hydroxylation sites is 1. The van der Waals surface area contributed by atoms with Crippen LogP contribution in [0.2, 0.25) is 5.02 Å². The van der Waals surface area contributed by atoms with Crippen molar-refractivity contribution in [1.82, 2.24) is 9.78 Å². The highest BCUT2D eigenvalue weighted by atomic mass is 35.5. The minimum Gasteiger partial charge on any atom is -0.473 e. The summed E-state index contributed by atoms with van der Waals surface area (Å²) in [7, 11) is 0. The molecule has 3 aromatic rings. The fourth-order valence-electron chi connectivity index (χ4n) is 2.24. The normalized spacial score (nSPS) is 11.6. The van der Waals surface area contributed by atoms with Crippen LogP contribution in [0.1, 0.15) is 16.8 Å². The topological polar surface area (TPSA) is 27.1 Å². The number of aryl methyl sites for hydroxylation is 1. The van der Waals surface area contributed by atoms with E-state index < -0.39 is 11.9 Å². The Morgan fingerprint density at radius 2 is 1.76 bits per heavy atom. The molecule has 3 rings (SSSR count). The Labute approximate surface area is 147 Å². The van der Waals surface area contributed by atoms with Crippen LogP contribution >= 0.6 is 11.6 Å². The summed E-state index contributed by atoms with van der Waals surface area (Å²) < 4.78 is 45.8. The van der Waals surface area contributed by atoms with Gasteiger partial charge in [0.05, 0.1) is 10.7 Å². The second-order valence-electron chi connectivity index (χ2n) is 5.50. The first-order chi connectivity index (χ1) is 11.8. The number of hydrogen-bond acceptors (Lipinski definition) is 2. The van der Waals surface area contributed by atoms with Crippen LogP contribution < -0.4 is 4.74 Å². The number of halogens is 4. The zero-order valence-corrected chi connectivity index (χ0v) is 14.0. The highest BCUT2D eigenvalue weighted by Gasteiger charge is 2.35. The molecule has 0 atom stereocenters. The third-order valence-electron chi connectivity index (χ3n) is 3.56. The van der Waals surface area contributed by atoms with E-state index in [1.807, 2.05) is 31.2 Å². The molecule has 25 heavy (non-hydrogen) atoms. The van der Waals surface area contributed by atoms with E-state index in [9.17, 15) is 13.2 Å². The molecule has 2 aromatic carbocycles. The first-order valence-electron chi connectivity index (χ1n) is 7.45. The van der Waals surface area contributed by atoms with Crippen LogP contribution in [0.5, 0.6) is 5.88 Å². The molecule has 1 heterocycles. The number of rotatable bonds is 4. The van der Waals surface area contributed by atoms with E-state index in [2.05, 4.69) is 5.10 Å². The summed E-state index contributed by atoms with van der Waals surface area (Å²) in [6, 6.07) is 14.9. The summed E-state index contributed by atoms with van der Waals surface area (Å²) >= 11 is 6.09. The molecule has 0 aliphatic rings. The van der Waals surface area contributed by atoms with E-state index in [0.717, 1.165) is 21.9 Å². The van der Waals surface area contributed by atoms with E-state index in [4.69, 9.17) is 16.3 Å². The molecule has 0 aliphatic carbocycles. The zero-order valence-electron chi connectivity index (χ0n) is 13.2. The molecule has 3 nitrogen and oxygen atoms in total. The van der Waals surface area contributed by atoms with Gasteiger partial charge in [-0.2, -0.15) is 23.0 Å². The molecular weight excluding hydrogens is 353 g/mol. The average Bonchev–Trinajstić information content (AvgIpc) is 2.99. The average molecular weight is 367 g/mol. The molecule has 7 heteroatoms. The van der Waals surface area contributed by atoms with Crippen molar-refractivity contribution >= 4 is 11.6 Å². The summed E-state index contributed by atoms with van der Waals surface area (Å²) in [6.45, 7) is 2.07. The molecule has 0 saturated heterocycles.